The zero-order valence-corrected chi connectivity index (χ0v) is 5.62. The molecule has 0 bridgehead atoms. The van der Waals surface area contributed by atoms with Crippen LogP contribution in [0, 0.1) is 0 Å². The molecule has 0 heterocycles. The molecule has 0 spiro atoms. The van der Waals surface area contributed by atoms with Crippen LogP contribution in [0.4, 0.5) is 0 Å². The Kier molecular flexibility index (Phi) is 16.6. The summed E-state index contributed by atoms with van der Waals surface area (Å²) >= 11 is -0.0741. The molecule has 0 atom stereocenters. The van der Waals surface area contributed by atoms with E-state index in [1.54, 1.807) is 0 Å². The third-order valence-electron chi connectivity index (χ3n) is 0.0393. The summed E-state index contributed by atoms with van der Waals surface area (Å²) in [6.07, 6.45) is 0. The van der Waals surface area contributed by atoms with Crippen molar-refractivity contribution < 1.29 is 38.9 Å². The van der Waals surface area contributed by atoms with E-state index in [2.05, 4.69) is 0 Å². The average Bonchev–Trinajstić information content (AvgIpc) is 1.37. The Labute approximate surface area is 56.4 Å². The molecule has 0 aliphatic carbocycles. The largest absolute Gasteiger partial charge is 1.00 e. The first-order valence-electron chi connectivity index (χ1n) is 0.638. The number of rotatable bonds is 1. The van der Waals surface area contributed by atoms with Gasteiger partial charge in [-0.15, -0.1) is 0 Å². The van der Waals surface area contributed by atoms with Crippen LogP contribution >= 0.6 is 12.0 Å². The van der Waals surface area contributed by atoms with Gasteiger partial charge in [-0.2, -0.15) is 12.0 Å². The van der Waals surface area contributed by atoms with Gasteiger partial charge in [0.15, 0.2) is 5.62 Å². The zero-order valence-electron chi connectivity index (χ0n) is 2.80. The fourth-order valence-corrected chi connectivity index (χ4v) is 0. The summed E-state index contributed by atoms with van der Waals surface area (Å²) in [6.45, 7) is 0. The maximum Gasteiger partial charge on any atom is 1.00 e. The van der Waals surface area contributed by atoms with Crippen molar-refractivity contribution >= 4 is 17.7 Å². The Balaban J connectivity index is 0. The minimum absolute atomic E-state index is 0. The van der Waals surface area contributed by atoms with Gasteiger partial charge < -0.3 is 4.55 Å². The minimum Gasteiger partial charge on any atom is -0.793 e. The Hall–Kier alpha value is 0.980. The standard InChI is InChI=1S/CH2O2S.Na/c2-1-4-3;/h1,3H;/q;+1/p-1. The second-order valence-electron chi connectivity index (χ2n) is 0.192. The SMILES string of the molecule is O=CS[O-].[Na+]. The molecule has 0 saturated carbocycles. The van der Waals surface area contributed by atoms with E-state index >= 15 is 0 Å². The van der Waals surface area contributed by atoms with Gasteiger partial charge in [-0.05, 0) is 0 Å². The number of carbonyl (C=O) groups excluding carboxylic acids is 1. The third kappa shape index (κ3) is 11.3. The average molecular weight is 100 g/mol. The van der Waals surface area contributed by atoms with Gasteiger partial charge in [0.05, 0.1) is 0 Å². The number of carbonyl (C=O) groups is 1. The topological polar surface area (TPSA) is 40.1 Å². The maximum absolute atomic E-state index is 8.85. The first-order chi connectivity index (χ1) is 1.91. The smallest absolute Gasteiger partial charge is 0.793 e. The maximum atomic E-state index is 8.85. The summed E-state index contributed by atoms with van der Waals surface area (Å²) in [4.78, 5) is 8.82. The molecule has 0 fully saturated rings. The summed E-state index contributed by atoms with van der Waals surface area (Å²) in [5, 5.41) is 0. The van der Waals surface area contributed by atoms with Crippen LogP contribution in [0.3, 0.4) is 0 Å². The van der Waals surface area contributed by atoms with Crippen LogP contribution in [0.1, 0.15) is 0 Å². The van der Waals surface area contributed by atoms with Crippen molar-refractivity contribution in [1.82, 2.24) is 0 Å². The van der Waals surface area contributed by atoms with Crippen molar-refractivity contribution in [2.75, 3.05) is 0 Å². The summed E-state index contributed by atoms with van der Waals surface area (Å²) in [6, 6.07) is 0. The monoisotopic (exact) mass is 100.0 g/mol. The van der Waals surface area contributed by atoms with Crippen molar-refractivity contribution in [3.05, 3.63) is 0 Å². The molecule has 0 N–H and O–H groups in total. The number of hydrogen-bond donors (Lipinski definition) is 0. The molecular weight excluding hydrogens is 99.1 g/mol. The van der Waals surface area contributed by atoms with Crippen LogP contribution < -0.4 is 29.6 Å². The van der Waals surface area contributed by atoms with E-state index in [1.807, 2.05) is 0 Å². The third-order valence-corrected chi connectivity index (χ3v) is 0.118. The Bertz CT molecular complexity index is 23.6. The van der Waals surface area contributed by atoms with E-state index in [1.165, 1.54) is 0 Å². The molecule has 0 saturated heterocycles. The van der Waals surface area contributed by atoms with Gasteiger partial charge in [-0.1, -0.05) is 0 Å². The fourth-order valence-electron chi connectivity index (χ4n) is 0. The first-order valence-corrected chi connectivity index (χ1v) is 1.44. The van der Waals surface area contributed by atoms with Crippen molar-refractivity contribution in [1.29, 1.82) is 0 Å². The summed E-state index contributed by atoms with van der Waals surface area (Å²) < 4.78 is 8.85. The predicted octanol–water partition coefficient (Wildman–Crippen LogP) is -2.96. The first kappa shape index (κ1) is 9.36. The van der Waals surface area contributed by atoms with Crippen molar-refractivity contribution in [3.8, 4) is 0 Å². The molecule has 0 aromatic carbocycles. The fraction of sp³-hybridized carbons (Fsp3) is 0. The summed E-state index contributed by atoms with van der Waals surface area (Å²) in [5.41, 5.74) is 0.236. The van der Waals surface area contributed by atoms with Gasteiger partial charge in [-0.3, -0.25) is 4.79 Å². The zero-order chi connectivity index (χ0) is 3.41. The van der Waals surface area contributed by atoms with E-state index in [4.69, 9.17) is 9.35 Å². The molecule has 0 aromatic rings. The molecule has 5 heavy (non-hydrogen) atoms. The van der Waals surface area contributed by atoms with Gasteiger partial charge in [0, 0.05) is 0 Å². The molecule has 2 nitrogen and oxygen atoms in total. The van der Waals surface area contributed by atoms with E-state index in [0.29, 0.717) is 0 Å². The van der Waals surface area contributed by atoms with Crippen LogP contribution in [-0.4, -0.2) is 10.2 Å². The molecular formula is CHNaO2S. The molecule has 0 aromatic heterocycles. The van der Waals surface area contributed by atoms with Gasteiger partial charge in [0.25, 0.3) is 0 Å². The van der Waals surface area contributed by atoms with Crippen molar-refractivity contribution in [2.45, 2.75) is 0 Å². The van der Waals surface area contributed by atoms with Crippen LogP contribution in [0.15, 0.2) is 0 Å². The molecule has 0 aliphatic heterocycles. The van der Waals surface area contributed by atoms with Crippen LogP contribution in [0.25, 0.3) is 0 Å². The van der Waals surface area contributed by atoms with Gasteiger partial charge in [-0.25, -0.2) is 0 Å². The normalized spacial score (nSPS) is 5.00. The quantitative estimate of drug-likeness (QED) is 0.201. The molecule has 0 unspecified atom stereocenters. The minimum atomic E-state index is -0.0741. The number of hydrogen-bond acceptors (Lipinski definition) is 3. The molecule has 0 radical (unpaired) electrons. The Morgan fingerprint density at radius 1 is 1.80 bits per heavy atom. The molecule has 0 amide bonds. The Morgan fingerprint density at radius 2 is 2.00 bits per heavy atom. The van der Waals surface area contributed by atoms with Gasteiger partial charge in [0.1, 0.15) is 0 Å². The molecule has 0 aliphatic rings. The van der Waals surface area contributed by atoms with E-state index in [0.717, 1.165) is 0 Å². The second-order valence-corrected chi connectivity index (χ2v) is 0.577. The summed E-state index contributed by atoms with van der Waals surface area (Å²) in [5.74, 6) is 0. The van der Waals surface area contributed by atoms with Crippen LogP contribution in [0.2, 0.25) is 0 Å². The predicted molar refractivity (Wildman–Crippen MR) is 15.1 cm³/mol. The second kappa shape index (κ2) is 8.88. The summed E-state index contributed by atoms with van der Waals surface area (Å²) in [7, 11) is 0. The van der Waals surface area contributed by atoms with Gasteiger partial charge >= 0.3 is 29.6 Å². The van der Waals surface area contributed by atoms with E-state index in [-0.39, 0.29) is 47.2 Å². The van der Waals surface area contributed by atoms with E-state index < -0.39 is 0 Å². The molecule has 0 rings (SSSR count). The van der Waals surface area contributed by atoms with Crippen LogP contribution in [-0.2, 0) is 4.79 Å². The van der Waals surface area contributed by atoms with Crippen molar-refractivity contribution in [3.63, 3.8) is 0 Å². The van der Waals surface area contributed by atoms with Crippen LogP contribution in [0.5, 0.6) is 0 Å². The molecule has 4 heteroatoms. The van der Waals surface area contributed by atoms with E-state index in [9.17, 15) is 0 Å². The molecule has 24 valence electrons. The van der Waals surface area contributed by atoms with Gasteiger partial charge in [0.2, 0.25) is 0 Å². The van der Waals surface area contributed by atoms with Crippen molar-refractivity contribution in [2.24, 2.45) is 0 Å². The Morgan fingerprint density at radius 3 is 2.00 bits per heavy atom.